The number of likely N-dealkylation sites (N-methyl/N-ethyl adjacent to an activating group) is 1. The number of methoxy groups -OCH3 is 1. The van der Waals surface area contributed by atoms with E-state index in [1.54, 1.807) is 27.1 Å². The van der Waals surface area contributed by atoms with Crippen molar-refractivity contribution in [3.05, 3.63) is 59.7 Å². The summed E-state index contributed by atoms with van der Waals surface area (Å²) in [6.45, 7) is 2.02. The lowest BCUT2D eigenvalue weighted by atomic mass is 9.85. The van der Waals surface area contributed by atoms with Gasteiger partial charge in [-0.2, -0.15) is 0 Å². The number of benzene rings is 2. The number of likely N-dealkylation sites (tertiary alicyclic amines) is 1. The molecule has 7 heteroatoms. The molecule has 1 unspecified atom stereocenters. The number of hydrogen-bond donors (Lipinski definition) is 3. The molecular weight excluding hydrogens is 422 g/mol. The number of rotatable bonds is 7. The first-order valence-corrected chi connectivity index (χ1v) is 11.0. The molecule has 0 saturated carbocycles. The molecular formula is C26H32NO6+. The summed E-state index contributed by atoms with van der Waals surface area (Å²) < 4.78 is 11.3. The van der Waals surface area contributed by atoms with Crippen LogP contribution in [0.25, 0.3) is 0 Å². The lowest BCUT2D eigenvalue weighted by molar-refractivity contribution is -0.825. The summed E-state index contributed by atoms with van der Waals surface area (Å²) in [6, 6.07) is 15.2. The van der Waals surface area contributed by atoms with E-state index in [0.717, 1.165) is 11.1 Å². The monoisotopic (exact) mass is 454 g/mol. The second-order valence-electron chi connectivity index (χ2n) is 8.68. The SMILES string of the molecule is COc1ccc([C@H]2C[N@+](C)(C(=O)C(O)CO)C[C@H]2[C@@H](C)O)cc1OCC#Cc1ccccc1. The number of amides is 1. The molecule has 3 rings (SSSR count). The molecule has 0 aromatic heterocycles. The zero-order valence-corrected chi connectivity index (χ0v) is 19.3. The highest BCUT2D eigenvalue weighted by Gasteiger charge is 2.51. The van der Waals surface area contributed by atoms with Crippen LogP contribution >= 0.6 is 0 Å². The maximum Gasteiger partial charge on any atom is 0.344 e. The van der Waals surface area contributed by atoms with Crippen molar-refractivity contribution in [2.24, 2.45) is 5.92 Å². The summed E-state index contributed by atoms with van der Waals surface area (Å²) in [6.07, 6.45) is -2.10. The fraction of sp³-hybridized carbons (Fsp3) is 0.423. The molecule has 176 valence electrons. The van der Waals surface area contributed by atoms with E-state index in [4.69, 9.17) is 9.47 Å². The summed E-state index contributed by atoms with van der Waals surface area (Å²) in [5, 5.41) is 29.6. The third kappa shape index (κ3) is 5.73. The van der Waals surface area contributed by atoms with Crippen LogP contribution in [0.3, 0.4) is 0 Å². The Balaban J connectivity index is 1.82. The normalized spacial score (nSPS) is 23.8. The van der Waals surface area contributed by atoms with E-state index in [-0.39, 0.29) is 22.9 Å². The molecule has 1 saturated heterocycles. The van der Waals surface area contributed by atoms with Crippen LogP contribution in [-0.4, -0.2) is 78.4 Å². The highest BCUT2D eigenvalue weighted by molar-refractivity contribution is 5.74. The van der Waals surface area contributed by atoms with Gasteiger partial charge in [-0.05, 0) is 36.8 Å². The highest BCUT2D eigenvalue weighted by Crippen LogP contribution is 2.41. The topological polar surface area (TPSA) is 96.2 Å². The highest BCUT2D eigenvalue weighted by atomic mass is 16.5. The molecule has 1 fully saturated rings. The number of aliphatic hydroxyl groups is 3. The molecule has 1 aliphatic heterocycles. The van der Waals surface area contributed by atoms with Crippen molar-refractivity contribution >= 4 is 5.91 Å². The van der Waals surface area contributed by atoms with Gasteiger partial charge < -0.3 is 24.8 Å². The van der Waals surface area contributed by atoms with Gasteiger partial charge in [0.2, 0.25) is 0 Å². The van der Waals surface area contributed by atoms with Gasteiger partial charge in [0.05, 0.1) is 40.0 Å². The van der Waals surface area contributed by atoms with Gasteiger partial charge in [0, 0.05) is 17.4 Å². The van der Waals surface area contributed by atoms with Gasteiger partial charge in [0.1, 0.15) is 6.61 Å². The van der Waals surface area contributed by atoms with Gasteiger partial charge in [-0.3, -0.25) is 4.48 Å². The summed E-state index contributed by atoms with van der Waals surface area (Å²) in [7, 11) is 3.30. The van der Waals surface area contributed by atoms with E-state index >= 15 is 0 Å². The number of aliphatic hydroxyl groups excluding tert-OH is 3. The first-order chi connectivity index (χ1) is 15.8. The molecule has 33 heavy (non-hydrogen) atoms. The van der Waals surface area contributed by atoms with E-state index in [1.807, 2.05) is 42.5 Å². The zero-order chi connectivity index (χ0) is 24.0. The molecule has 5 atom stereocenters. The second-order valence-corrected chi connectivity index (χ2v) is 8.68. The predicted octanol–water partition coefficient (Wildman–Crippen LogP) is 1.55. The van der Waals surface area contributed by atoms with E-state index in [0.29, 0.717) is 24.6 Å². The first-order valence-electron chi connectivity index (χ1n) is 11.0. The molecule has 2 aromatic carbocycles. The maximum atomic E-state index is 12.7. The first kappa shape index (κ1) is 24.7. The van der Waals surface area contributed by atoms with Crippen LogP contribution < -0.4 is 9.47 Å². The average molecular weight is 455 g/mol. The average Bonchev–Trinajstić information content (AvgIpc) is 3.20. The minimum atomic E-state index is -1.44. The van der Waals surface area contributed by atoms with Gasteiger partial charge in [-0.15, -0.1) is 0 Å². The summed E-state index contributed by atoms with van der Waals surface area (Å²) in [5.41, 5.74) is 1.81. The third-order valence-corrected chi connectivity index (χ3v) is 6.26. The smallest absolute Gasteiger partial charge is 0.344 e. The maximum absolute atomic E-state index is 12.7. The number of quaternary nitrogens is 1. The summed E-state index contributed by atoms with van der Waals surface area (Å²) in [4.78, 5) is 12.7. The fourth-order valence-corrected chi connectivity index (χ4v) is 4.51. The Morgan fingerprint density at radius 2 is 1.88 bits per heavy atom. The Labute approximate surface area is 194 Å². The molecule has 0 aliphatic carbocycles. The van der Waals surface area contributed by atoms with Crippen LogP contribution in [0.4, 0.5) is 0 Å². The molecule has 0 spiro atoms. The molecule has 2 aromatic rings. The Morgan fingerprint density at radius 3 is 2.52 bits per heavy atom. The minimum absolute atomic E-state index is 0.0628. The Kier molecular flexibility index (Phi) is 8.11. The van der Waals surface area contributed by atoms with E-state index in [9.17, 15) is 20.1 Å². The number of nitrogens with zero attached hydrogens (tertiary/aromatic N) is 1. The van der Waals surface area contributed by atoms with Crippen LogP contribution in [0.2, 0.25) is 0 Å². The van der Waals surface area contributed by atoms with Crippen LogP contribution in [-0.2, 0) is 4.79 Å². The summed E-state index contributed by atoms with van der Waals surface area (Å²) in [5.74, 6) is 6.34. The molecule has 0 bridgehead atoms. The van der Waals surface area contributed by atoms with E-state index in [1.165, 1.54) is 0 Å². The van der Waals surface area contributed by atoms with Crippen molar-refractivity contribution < 1.29 is 34.1 Å². The largest absolute Gasteiger partial charge is 0.493 e. The summed E-state index contributed by atoms with van der Waals surface area (Å²) >= 11 is 0. The number of carbonyl (C=O) groups excluding carboxylic acids is 1. The van der Waals surface area contributed by atoms with E-state index in [2.05, 4.69) is 11.8 Å². The van der Waals surface area contributed by atoms with Crippen LogP contribution in [0, 0.1) is 17.8 Å². The fourth-order valence-electron chi connectivity index (χ4n) is 4.51. The third-order valence-electron chi connectivity index (χ3n) is 6.26. The quantitative estimate of drug-likeness (QED) is 0.434. The van der Waals surface area contributed by atoms with Gasteiger partial charge in [-0.1, -0.05) is 36.1 Å². The minimum Gasteiger partial charge on any atom is -0.493 e. The lowest BCUT2D eigenvalue weighted by Gasteiger charge is -2.28. The van der Waals surface area contributed by atoms with Crippen molar-refractivity contribution in [1.29, 1.82) is 0 Å². The van der Waals surface area contributed by atoms with Crippen molar-refractivity contribution in [3.8, 4) is 23.3 Å². The van der Waals surface area contributed by atoms with Gasteiger partial charge >= 0.3 is 5.91 Å². The van der Waals surface area contributed by atoms with Crippen molar-refractivity contribution in [1.82, 2.24) is 0 Å². The molecule has 0 radical (unpaired) electrons. The van der Waals surface area contributed by atoms with Crippen molar-refractivity contribution in [3.63, 3.8) is 0 Å². The Morgan fingerprint density at radius 1 is 1.15 bits per heavy atom. The Hall–Kier alpha value is -2.89. The second kappa shape index (κ2) is 10.8. The number of ether oxygens (including phenoxy) is 2. The molecule has 1 aliphatic rings. The molecule has 3 N–H and O–H groups in total. The standard InChI is InChI=1S/C26H32NO6/c1-18(29)21-15-27(2,26(31)23(30)17-28)16-22(21)20-11-12-24(32-3)25(14-20)33-13-7-10-19-8-5-4-6-9-19/h4-6,8-9,11-12,14,18,21-23,28-30H,13,15-17H2,1-3H3/q+1/t18-,21+,22-,23?,27-/m1/s1. The van der Waals surface area contributed by atoms with Crippen molar-refractivity contribution in [2.75, 3.05) is 40.5 Å². The molecule has 7 nitrogen and oxygen atoms in total. The van der Waals surface area contributed by atoms with Crippen molar-refractivity contribution in [2.45, 2.75) is 25.0 Å². The van der Waals surface area contributed by atoms with E-state index < -0.39 is 24.7 Å². The predicted molar refractivity (Wildman–Crippen MR) is 124 cm³/mol. The van der Waals surface area contributed by atoms with Crippen LogP contribution in [0.5, 0.6) is 11.5 Å². The van der Waals surface area contributed by atoms with Crippen LogP contribution in [0.1, 0.15) is 24.0 Å². The van der Waals surface area contributed by atoms with Gasteiger partial charge in [-0.25, -0.2) is 4.79 Å². The Bertz CT molecular complexity index is 1010. The number of carbonyl (C=O) groups is 1. The van der Waals surface area contributed by atoms with Gasteiger partial charge in [0.25, 0.3) is 0 Å². The van der Waals surface area contributed by atoms with Crippen LogP contribution in [0.15, 0.2) is 48.5 Å². The molecule has 1 amide bonds. The van der Waals surface area contributed by atoms with Gasteiger partial charge in [0.15, 0.2) is 17.6 Å². The molecule has 1 heterocycles. The lowest BCUT2D eigenvalue weighted by Crippen LogP contribution is -2.53. The zero-order valence-electron chi connectivity index (χ0n) is 19.3. The number of hydrogen-bond acceptors (Lipinski definition) is 6.